The molecule has 0 aromatic heterocycles. The molecule has 3 N–H and O–H groups in total. The first-order chi connectivity index (χ1) is 7.52. The quantitative estimate of drug-likeness (QED) is 0.501. The van der Waals surface area contributed by atoms with Crippen molar-refractivity contribution >= 4 is 23.1 Å². The molecule has 0 bridgehead atoms. The normalized spacial score (nSPS) is 11.2. The molecule has 94 valence electrons. The highest BCUT2D eigenvalue weighted by atomic mass is 32.1. The van der Waals surface area contributed by atoms with Gasteiger partial charge in [0.1, 0.15) is 0 Å². The van der Waals surface area contributed by atoms with Crippen molar-refractivity contribution in [3.05, 3.63) is 0 Å². The number of carbonyl (C=O) groups is 1. The molecule has 4 nitrogen and oxygen atoms in total. The molecule has 16 heavy (non-hydrogen) atoms. The van der Waals surface area contributed by atoms with Crippen molar-refractivity contribution in [1.82, 2.24) is 5.32 Å². The number of thiocarbonyl (C=S) groups is 1. The second kappa shape index (κ2) is 7.57. The largest absolute Gasteiger partial charge is 0.391 e. The zero-order valence-corrected chi connectivity index (χ0v) is 11.2. The third-order valence-corrected chi connectivity index (χ3v) is 3.20. The van der Waals surface area contributed by atoms with Gasteiger partial charge in [-0.2, -0.15) is 0 Å². The molecule has 0 rings (SSSR count). The van der Waals surface area contributed by atoms with Crippen LogP contribution in [0.4, 0.5) is 0 Å². The van der Waals surface area contributed by atoms with E-state index in [9.17, 15) is 4.79 Å². The highest BCUT2D eigenvalue weighted by Gasteiger charge is 2.30. The summed E-state index contributed by atoms with van der Waals surface area (Å²) in [4.78, 5) is 12.0. The Hall–Kier alpha value is -0.680. The predicted octanol–water partition coefficient (Wildman–Crippen LogP) is 1.37. The van der Waals surface area contributed by atoms with Crippen LogP contribution in [0, 0.1) is 0 Å². The van der Waals surface area contributed by atoms with E-state index in [-0.39, 0.29) is 5.91 Å². The van der Waals surface area contributed by atoms with Crippen molar-refractivity contribution in [2.45, 2.75) is 45.1 Å². The van der Waals surface area contributed by atoms with Gasteiger partial charge in [-0.25, -0.2) is 0 Å². The summed E-state index contributed by atoms with van der Waals surface area (Å²) in [5.41, 5.74) is 5.16. The number of nitrogens with one attached hydrogen (secondary N) is 1. The van der Waals surface area contributed by atoms with Crippen LogP contribution in [0.15, 0.2) is 0 Å². The predicted molar refractivity (Wildman–Crippen MR) is 69.4 cm³/mol. The highest BCUT2D eigenvalue weighted by Crippen LogP contribution is 2.15. The minimum atomic E-state index is -0.528. The molecule has 0 heterocycles. The summed E-state index contributed by atoms with van der Waals surface area (Å²) in [5, 5.41) is 2.93. The molecule has 0 radical (unpaired) electrons. The molecule has 5 heteroatoms. The van der Waals surface area contributed by atoms with Crippen LogP contribution in [0.2, 0.25) is 0 Å². The van der Waals surface area contributed by atoms with Crippen LogP contribution in [0.1, 0.15) is 39.5 Å². The van der Waals surface area contributed by atoms with Gasteiger partial charge in [-0.15, -0.1) is 0 Å². The topological polar surface area (TPSA) is 64.3 Å². The Bertz CT molecular complexity index is 240. The lowest BCUT2D eigenvalue weighted by molar-refractivity contribution is -0.122. The summed E-state index contributed by atoms with van der Waals surface area (Å²) in [6, 6.07) is 0. The Labute approximate surface area is 103 Å². The maximum atomic E-state index is 11.7. The SMILES string of the molecule is CCC(CC)(NC(=O)CCCOC)C(N)=S. The van der Waals surface area contributed by atoms with Gasteiger partial charge in [0.25, 0.3) is 0 Å². The molecule has 0 aliphatic carbocycles. The van der Waals surface area contributed by atoms with Crippen LogP contribution in [0.25, 0.3) is 0 Å². The van der Waals surface area contributed by atoms with E-state index in [0.29, 0.717) is 24.4 Å². The Balaban J connectivity index is 4.29. The van der Waals surface area contributed by atoms with Crippen LogP contribution < -0.4 is 11.1 Å². The molecule has 0 aromatic rings. The molecule has 0 fully saturated rings. The van der Waals surface area contributed by atoms with Crippen molar-refractivity contribution < 1.29 is 9.53 Å². The van der Waals surface area contributed by atoms with Gasteiger partial charge in [-0.05, 0) is 19.3 Å². The smallest absolute Gasteiger partial charge is 0.220 e. The number of rotatable bonds is 8. The molecule has 0 saturated heterocycles. The zero-order valence-electron chi connectivity index (χ0n) is 10.3. The summed E-state index contributed by atoms with van der Waals surface area (Å²) in [7, 11) is 1.62. The van der Waals surface area contributed by atoms with Crippen LogP contribution >= 0.6 is 12.2 Å². The molecule has 0 aliphatic heterocycles. The van der Waals surface area contributed by atoms with Crippen LogP contribution in [0.5, 0.6) is 0 Å². The van der Waals surface area contributed by atoms with Gasteiger partial charge in [0.2, 0.25) is 5.91 Å². The number of nitrogens with two attached hydrogens (primary N) is 1. The summed E-state index contributed by atoms with van der Waals surface area (Å²) >= 11 is 5.02. The summed E-state index contributed by atoms with van der Waals surface area (Å²) in [6.07, 6.45) is 2.59. The van der Waals surface area contributed by atoms with Crippen molar-refractivity contribution in [2.75, 3.05) is 13.7 Å². The van der Waals surface area contributed by atoms with Gasteiger partial charge in [-0.3, -0.25) is 4.79 Å². The first-order valence-electron chi connectivity index (χ1n) is 5.62. The van der Waals surface area contributed by atoms with Crippen LogP contribution in [0.3, 0.4) is 0 Å². The summed E-state index contributed by atoms with van der Waals surface area (Å²) in [6.45, 7) is 4.53. The van der Waals surface area contributed by atoms with E-state index in [4.69, 9.17) is 22.7 Å². The third kappa shape index (κ3) is 4.45. The Morgan fingerprint density at radius 2 is 2.00 bits per heavy atom. The minimum Gasteiger partial charge on any atom is -0.391 e. The first kappa shape index (κ1) is 15.3. The lowest BCUT2D eigenvalue weighted by atomic mass is 9.92. The Morgan fingerprint density at radius 1 is 1.44 bits per heavy atom. The molecule has 0 unspecified atom stereocenters. The fourth-order valence-corrected chi connectivity index (χ4v) is 1.88. The minimum absolute atomic E-state index is 0.0199. The highest BCUT2D eigenvalue weighted by molar-refractivity contribution is 7.80. The zero-order chi connectivity index (χ0) is 12.6. The fourth-order valence-electron chi connectivity index (χ4n) is 1.54. The van der Waals surface area contributed by atoms with Crippen LogP contribution in [-0.2, 0) is 9.53 Å². The third-order valence-electron chi connectivity index (χ3n) is 2.81. The van der Waals surface area contributed by atoms with Crippen LogP contribution in [-0.4, -0.2) is 30.2 Å². The Morgan fingerprint density at radius 3 is 2.38 bits per heavy atom. The van der Waals surface area contributed by atoms with Gasteiger partial charge in [0.05, 0.1) is 10.5 Å². The molecular formula is C11H22N2O2S. The van der Waals surface area contributed by atoms with Gasteiger partial charge < -0.3 is 15.8 Å². The van der Waals surface area contributed by atoms with E-state index < -0.39 is 5.54 Å². The molecule has 0 aromatic carbocycles. The van der Waals surface area contributed by atoms with Crippen molar-refractivity contribution in [1.29, 1.82) is 0 Å². The van der Waals surface area contributed by atoms with Crippen molar-refractivity contribution in [2.24, 2.45) is 5.73 Å². The monoisotopic (exact) mass is 246 g/mol. The lowest BCUT2D eigenvalue weighted by Crippen LogP contribution is -2.55. The lowest BCUT2D eigenvalue weighted by Gasteiger charge is -2.31. The number of hydrogen-bond donors (Lipinski definition) is 2. The average Bonchev–Trinajstić information content (AvgIpc) is 2.26. The summed E-state index contributed by atoms with van der Waals surface area (Å²) < 4.78 is 4.89. The molecule has 0 aliphatic rings. The summed E-state index contributed by atoms with van der Waals surface area (Å²) in [5.74, 6) is -0.0199. The van der Waals surface area contributed by atoms with E-state index in [0.717, 1.165) is 12.8 Å². The maximum Gasteiger partial charge on any atom is 0.220 e. The van der Waals surface area contributed by atoms with Gasteiger partial charge in [0, 0.05) is 20.1 Å². The molecule has 0 saturated carbocycles. The van der Waals surface area contributed by atoms with Gasteiger partial charge >= 0.3 is 0 Å². The number of ether oxygens (including phenoxy) is 1. The fraction of sp³-hybridized carbons (Fsp3) is 0.818. The van der Waals surface area contributed by atoms with E-state index in [2.05, 4.69) is 5.32 Å². The number of carbonyl (C=O) groups excluding carboxylic acids is 1. The molecule has 0 spiro atoms. The van der Waals surface area contributed by atoms with Gasteiger partial charge in [0.15, 0.2) is 0 Å². The Kier molecular flexibility index (Phi) is 7.25. The average molecular weight is 246 g/mol. The number of amides is 1. The molecule has 1 amide bonds. The standard InChI is InChI=1S/C11H22N2O2S/c1-4-11(5-2,10(12)16)13-9(14)7-6-8-15-3/h4-8H2,1-3H3,(H2,12,16)(H,13,14). The van der Waals surface area contributed by atoms with E-state index in [1.165, 1.54) is 0 Å². The van der Waals surface area contributed by atoms with E-state index in [1.54, 1.807) is 7.11 Å². The van der Waals surface area contributed by atoms with E-state index >= 15 is 0 Å². The van der Waals surface area contributed by atoms with E-state index in [1.807, 2.05) is 13.8 Å². The second-order valence-corrected chi connectivity index (χ2v) is 4.24. The van der Waals surface area contributed by atoms with Crippen molar-refractivity contribution in [3.8, 4) is 0 Å². The first-order valence-corrected chi connectivity index (χ1v) is 6.03. The number of hydrogen-bond acceptors (Lipinski definition) is 3. The number of methoxy groups -OCH3 is 1. The van der Waals surface area contributed by atoms with Gasteiger partial charge in [-0.1, -0.05) is 26.1 Å². The molecular weight excluding hydrogens is 224 g/mol. The maximum absolute atomic E-state index is 11.7. The second-order valence-electron chi connectivity index (χ2n) is 3.80. The van der Waals surface area contributed by atoms with Crippen molar-refractivity contribution in [3.63, 3.8) is 0 Å². The molecule has 0 atom stereocenters.